The second-order valence-corrected chi connectivity index (χ2v) is 7.25. The molecule has 0 aliphatic carbocycles. The quantitative estimate of drug-likeness (QED) is 0.678. The van der Waals surface area contributed by atoms with Crippen LogP contribution in [0.25, 0.3) is 0 Å². The smallest absolute Gasteiger partial charge is 0.0388 e. The van der Waals surface area contributed by atoms with E-state index in [0.717, 1.165) is 0 Å². The highest BCUT2D eigenvalue weighted by atomic mass is 32.2. The topological polar surface area (TPSA) is 0 Å². The molecule has 1 unspecified atom stereocenters. The molecule has 0 aromatic heterocycles. The Kier molecular flexibility index (Phi) is 2.62. The number of rotatable bonds is 1. The van der Waals surface area contributed by atoms with Gasteiger partial charge in [-0.15, -0.1) is 0 Å². The molecule has 0 nitrogen and oxygen atoms in total. The summed E-state index contributed by atoms with van der Waals surface area (Å²) < 4.78 is 0.399. The van der Waals surface area contributed by atoms with Crippen molar-refractivity contribution >= 4 is 11.8 Å². The summed E-state index contributed by atoms with van der Waals surface area (Å²) in [5.74, 6) is 1.32. The molecule has 0 radical (unpaired) electrons. The Morgan fingerprint density at radius 2 is 1.67 bits per heavy atom. The molecular weight excluding hydrogens is 200 g/mol. The second kappa shape index (κ2) is 3.55. The van der Waals surface area contributed by atoms with Crippen LogP contribution in [0, 0.1) is 0 Å². The Morgan fingerprint density at radius 3 is 2.00 bits per heavy atom. The Labute approximate surface area is 97.5 Å². The SMILES string of the molecule is CC(C)(C)c1ccc(C2(C)CCS2)cc1. The highest BCUT2D eigenvalue weighted by molar-refractivity contribution is 8.01. The van der Waals surface area contributed by atoms with Gasteiger partial charge < -0.3 is 0 Å². The summed E-state index contributed by atoms with van der Waals surface area (Å²) in [5, 5.41) is 0. The van der Waals surface area contributed by atoms with Crippen molar-refractivity contribution in [1.29, 1.82) is 0 Å². The third-order valence-electron chi connectivity index (χ3n) is 3.36. The summed E-state index contributed by atoms with van der Waals surface area (Å²) in [4.78, 5) is 0. The number of hydrogen-bond donors (Lipinski definition) is 0. The Bertz CT molecular complexity index is 339. The molecule has 0 N–H and O–H groups in total. The van der Waals surface area contributed by atoms with Crippen LogP contribution in [0.3, 0.4) is 0 Å². The van der Waals surface area contributed by atoms with E-state index in [-0.39, 0.29) is 5.41 Å². The van der Waals surface area contributed by atoms with Crippen LogP contribution in [0.2, 0.25) is 0 Å². The van der Waals surface area contributed by atoms with Gasteiger partial charge in [0.1, 0.15) is 0 Å². The highest BCUT2D eigenvalue weighted by Crippen LogP contribution is 2.48. The van der Waals surface area contributed by atoms with Crippen molar-refractivity contribution in [2.24, 2.45) is 0 Å². The molecule has 0 amide bonds. The van der Waals surface area contributed by atoms with Crippen LogP contribution in [-0.2, 0) is 10.2 Å². The average molecular weight is 220 g/mol. The lowest BCUT2D eigenvalue weighted by Crippen LogP contribution is -2.27. The molecule has 0 saturated carbocycles. The number of thioether (sulfide) groups is 1. The second-order valence-electron chi connectivity index (χ2n) is 5.66. The summed E-state index contributed by atoms with van der Waals surface area (Å²) in [7, 11) is 0. The van der Waals surface area contributed by atoms with Gasteiger partial charge in [0.25, 0.3) is 0 Å². The van der Waals surface area contributed by atoms with Gasteiger partial charge in [0.2, 0.25) is 0 Å². The predicted molar refractivity (Wildman–Crippen MR) is 69.6 cm³/mol. The van der Waals surface area contributed by atoms with Crippen molar-refractivity contribution in [2.45, 2.75) is 44.3 Å². The molecular formula is C14H20S. The van der Waals surface area contributed by atoms with E-state index in [1.54, 1.807) is 0 Å². The van der Waals surface area contributed by atoms with E-state index >= 15 is 0 Å². The fourth-order valence-corrected chi connectivity index (χ4v) is 3.08. The monoisotopic (exact) mass is 220 g/mol. The molecule has 1 atom stereocenters. The summed E-state index contributed by atoms with van der Waals surface area (Å²) in [6.07, 6.45) is 1.33. The van der Waals surface area contributed by atoms with Crippen molar-refractivity contribution < 1.29 is 0 Å². The zero-order valence-corrected chi connectivity index (χ0v) is 10.9. The van der Waals surface area contributed by atoms with E-state index in [0.29, 0.717) is 4.75 Å². The lowest BCUT2D eigenvalue weighted by molar-refractivity contribution is 0.586. The first-order valence-electron chi connectivity index (χ1n) is 5.67. The number of benzene rings is 1. The first-order chi connectivity index (χ1) is 6.92. The van der Waals surface area contributed by atoms with Crippen molar-refractivity contribution in [2.75, 3.05) is 5.75 Å². The minimum Gasteiger partial charge on any atom is -0.151 e. The maximum absolute atomic E-state index is 2.35. The molecule has 15 heavy (non-hydrogen) atoms. The molecule has 82 valence electrons. The van der Waals surface area contributed by atoms with Crippen LogP contribution in [0.1, 0.15) is 45.2 Å². The lowest BCUT2D eigenvalue weighted by atomic mass is 9.85. The Morgan fingerprint density at radius 1 is 1.13 bits per heavy atom. The molecule has 1 heterocycles. The molecule has 0 bridgehead atoms. The standard InChI is InChI=1S/C14H20S/c1-13(2,3)11-5-7-12(8-6-11)14(4)9-10-15-14/h5-8H,9-10H2,1-4H3. The van der Waals surface area contributed by atoms with Crippen LogP contribution in [0.5, 0.6) is 0 Å². The van der Waals surface area contributed by atoms with E-state index in [9.17, 15) is 0 Å². The van der Waals surface area contributed by atoms with E-state index in [1.807, 2.05) is 0 Å². The third-order valence-corrected chi connectivity index (χ3v) is 4.85. The summed E-state index contributed by atoms with van der Waals surface area (Å²) in [6.45, 7) is 9.15. The zero-order chi connectivity index (χ0) is 11.1. The normalized spacial score (nSPS) is 26.1. The van der Waals surface area contributed by atoms with E-state index < -0.39 is 0 Å². The van der Waals surface area contributed by atoms with E-state index in [4.69, 9.17) is 0 Å². The zero-order valence-electron chi connectivity index (χ0n) is 10.1. The maximum Gasteiger partial charge on any atom is 0.0388 e. The molecule has 0 spiro atoms. The van der Waals surface area contributed by atoms with Gasteiger partial charge in [-0.1, -0.05) is 45.0 Å². The van der Waals surface area contributed by atoms with Gasteiger partial charge >= 0.3 is 0 Å². The van der Waals surface area contributed by atoms with Crippen LogP contribution in [0.4, 0.5) is 0 Å². The first-order valence-corrected chi connectivity index (χ1v) is 6.65. The Balaban J connectivity index is 2.24. The van der Waals surface area contributed by atoms with Crippen LogP contribution < -0.4 is 0 Å². The van der Waals surface area contributed by atoms with Gasteiger partial charge in [-0.25, -0.2) is 0 Å². The van der Waals surface area contributed by atoms with E-state index in [2.05, 4.69) is 63.7 Å². The van der Waals surface area contributed by atoms with Gasteiger partial charge in [0.15, 0.2) is 0 Å². The fourth-order valence-electron chi connectivity index (χ4n) is 1.96. The molecule has 1 saturated heterocycles. The van der Waals surface area contributed by atoms with Crippen LogP contribution in [0.15, 0.2) is 24.3 Å². The summed E-state index contributed by atoms with van der Waals surface area (Å²) in [5.41, 5.74) is 3.19. The molecule has 1 heteroatoms. The van der Waals surface area contributed by atoms with Gasteiger partial charge in [0.05, 0.1) is 0 Å². The van der Waals surface area contributed by atoms with Crippen LogP contribution >= 0.6 is 11.8 Å². The van der Waals surface area contributed by atoms with Gasteiger partial charge in [-0.2, -0.15) is 11.8 Å². The van der Waals surface area contributed by atoms with Crippen molar-refractivity contribution in [3.05, 3.63) is 35.4 Å². The predicted octanol–water partition coefficient (Wildman–Crippen LogP) is 4.34. The van der Waals surface area contributed by atoms with Crippen molar-refractivity contribution in [3.8, 4) is 0 Å². The molecule has 2 rings (SSSR count). The van der Waals surface area contributed by atoms with Gasteiger partial charge in [0, 0.05) is 4.75 Å². The molecule has 1 aromatic carbocycles. The molecule has 1 aliphatic rings. The molecule has 1 aromatic rings. The van der Waals surface area contributed by atoms with Crippen LogP contribution in [-0.4, -0.2) is 5.75 Å². The Hall–Kier alpha value is -0.430. The summed E-state index contributed by atoms with van der Waals surface area (Å²) in [6, 6.07) is 9.21. The van der Waals surface area contributed by atoms with Crippen molar-refractivity contribution in [1.82, 2.24) is 0 Å². The highest BCUT2D eigenvalue weighted by Gasteiger charge is 2.34. The average Bonchev–Trinajstić information content (AvgIpc) is 2.13. The largest absolute Gasteiger partial charge is 0.151 e. The molecule has 1 fully saturated rings. The third kappa shape index (κ3) is 2.08. The van der Waals surface area contributed by atoms with Gasteiger partial charge in [-0.3, -0.25) is 0 Å². The summed E-state index contributed by atoms with van der Waals surface area (Å²) >= 11 is 2.07. The van der Waals surface area contributed by atoms with E-state index in [1.165, 1.54) is 23.3 Å². The number of hydrogen-bond acceptors (Lipinski definition) is 1. The minimum atomic E-state index is 0.270. The first kappa shape index (κ1) is 11.1. The lowest BCUT2D eigenvalue weighted by Gasteiger charge is -2.38. The van der Waals surface area contributed by atoms with Gasteiger partial charge in [-0.05, 0) is 35.6 Å². The maximum atomic E-state index is 2.35. The van der Waals surface area contributed by atoms with Crippen molar-refractivity contribution in [3.63, 3.8) is 0 Å². The molecule has 1 aliphatic heterocycles. The fraction of sp³-hybridized carbons (Fsp3) is 0.571. The minimum absolute atomic E-state index is 0.270.